The summed E-state index contributed by atoms with van der Waals surface area (Å²) in [5.41, 5.74) is 2.20. The summed E-state index contributed by atoms with van der Waals surface area (Å²) in [6, 6.07) is 13.7. The zero-order chi connectivity index (χ0) is 19.0. The van der Waals surface area contributed by atoms with Crippen molar-refractivity contribution in [3.63, 3.8) is 0 Å². The highest BCUT2D eigenvalue weighted by molar-refractivity contribution is 6.04. The average molecular weight is 379 g/mol. The second-order valence-electron chi connectivity index (χ2n) is 7.26. The first-order chi connectivity index (χ1) is 13.8. The molecule has 3 heterocycles. The van der Waals surface area contributed by atoms with E-state index in [-0.39, 0.29) is 18.1 Å². The second-order valence-corrected chi connectivity index (χ2v) is 7.26. The molecule has 28 heavy (non-hydrogen) atoms. The van der Waals surface area contributed by atoms with Crippen molar-refractivity contribution in [2.24, 2.45) is 0 Å². The highest BCUT2D eigenvalue weighted by Gasteiger charge is 2.36. The van der Waals surface area contributed by atoms with Crippen molar-refractivity contribution in [1.29, 1.82) is 0 Å². The molecule has 0 aliphatic carbocycles. The van der Waals surface area contributed by atoms with Crippen molar-refractivity contribution >= 4 is 16.8 Å². The Morgan fingerprint density at radius 1 is 1.11 bits per heavy atom. The number of amides is 1. The van der Waals surface area contributed by atoms with Crippen molar-refractivity contribution in [3.05, 3.63) is 53.7 Å². The van der Waals surface area contributed by atoms with Gasteiger partial charge in [-0.2, -0.15) is 5.10 Å². The smallest absolute Gasteiger partial charge is 0.272 e. The first-order valence-electron chi connectivity index (χ1n) is 9.44. The summed E-state index contributed by atoms with van der Waals surface area (Å²) >= 11 is 0. The largest absolute Gasteiger partial charge is 0.454 e. The number of nitrogens with zero attached hydrogens (tertiary/aromatic N) is 1. The molecule has 1 saturated heterocycles. The molecule has 0 radical (unpaired) electrons. The van der Waals surface area contributed by atoms with Crippen LogP contribution in [0.25, 0.3) is 10.9 Å². The fraction of sp³-hybridized carbons (Fsp3) is 0.333. The van der Waals surface area contributed by atoms with E-state index in [9.17, 15) is 4.79 Å². The minimum atomic E-state index is -0.207. The van der Waals surface area contributed by atoms with Gasteiger partial charge in [-0.05, 0) is 36.6 Å². The average Bonchev–Trinajstić information content (AvgIpc) is 3.39. The molecule has 2 aliphatic heterocycles. The molecular formula is C21H21N3O4. The quantitative estimate of drug-likeness (QED) is 0.728. The molecule has 1 fully saturated rings. The van der Waals surface area contributed by atoms with Crippen LogP contribution in [0.15, 0.2) is 42.5 Å². The van der Waals surface area contributed by atoms with E-state index in [1.165, 1.54) is 0 Å². The van der Waals surface area contributed by atoms with E-state index in [0.717, 1.165) is 40.8 Å². The predicted octanol–water partition coefficient (Wildman–Crippen LogP) is 2.77. The molecule has 1 aromatic heterocycles. The number of H-pyrrole nitrogens is 1. The molecule has 7 nitrogen and oxygen atoms in total. The zero-order valence-corrected chi connectivity index (χ0v) is 15.4. The number of aromatic nitrogens is 2. The standard InChI is InChI=1S/C21H21N3O4/c25-20(19-15-3-1-2-4-16(15)23-24-19)22-12-21(7-9-26-10-8-21)14-5-6-17-18(11-14)28-13-27-17/h1-6,11H,7-10,12-13H2,(H,22,25)(H,23,24). The molecule has 2 aromatic carbocycles. The maximum Gasteiger partial charge on any atom is 0.272 e. The lowest BCUT2D eigenvalue weighted by atomic mass is 9.74. The number of hydrogen-bond donors (Lipinski definition) is 2. The van der Waals surface area contributed by atoms with Gasteiger partial charge in [-0.25, -0.2) is 0 Å². The normalized spacial score (nSPS) is 17.6. The molecule has 2 aliphatic rings. The lowest BCUT2D eigenvalue weighted by molar-refractivity contribution is 0.0486. The first-order valence-corrected chi connectivity index (χ1v) is 9.44. The maximum atomic E-state index is 12.9. The topological polar surface area (TPSA) is 85.5 Å². The van der Waals surface area contributed by atoms with Crippen LogP contribution in [0.3, 0.4) is 0 Å². The highest BCUT2D eigenvalue weighted by Crippen LogP contribution is 2.40. The minimum absolute atomic E-state index is 0.177. The molecule has 0 unspecified atom stereocenters. The lowest BCUT2D eigenvalue weighted by Crippen LogP contribution is -2.44. The minimum Gasteiger partial charge on any atom is -0.454 e. The van der Waals surface area contributed by atoms with Crippen LogP contribution < -0.4 is 14.8 Å². The summed E-state index contributed by atoms with van der Waals surface area (Å²) < 4.78 is 16.6. The molecular weight excluding hydrogens is 358 g/mol. The van der Waals surface area contributed by atoms with Gasteiger partial charge in [0.1, 0.15) is 0 Å². The van der Waals surface area contributed by atoms with Crippen molar-refractivity contribution < 1.29 is 19.0 Å². The number of carbonyl (C=O) groups excluding carboxylic acids is 1. The summed E-state index contributed by atoms with van der Waals surface area (Å²) in [6.45, 7) is 2.08. The van der Waals surface area contributed by atoms with Gasteiger partial charge in [0, 0.05) is 30.6 Å². The van der Waals surface area contributed by atoms with Gasteiger partial charge in [0.05, 0.1) is 5.52 Å². The second kappa shape index (κ2) is 6.83. The Morgan fingerprint density at radius 2 is 1.93 bits per heavy atom. The number of rotatable bonds is 4. The number of benzene rings is 2. The molecule has 2 N–H and O–H groups in total. The summed E-state index contributed by atoms with van der Waals surface area (Å²) in [6.07, 6.45) is 1.66. The molecule has 0 saturated carbocycles. The summed E-state index contributed by atoms with van der Waals surface area (Å²) in [5, 5.41) is 11.0. The van der Waals surface area contributed by atoms with Gasteiger partial charge >= 0.3 is 0 Å². The van der Waals surface area contributed by atoms with Gasteiger partial charge in [-0.15, -0.1) is 0 Å². The summed E-state index contributed by atoms with van der Waals surface area (Å²) in [4.78, 5) is 12.9. The zero-order valence-electron chi connectivity index (χ0n) is 15.4. The van der Waals surface area contributed by atoms with Gasteiger partial charge in [0.15, 0.2) is 17.2 Å². The van der Waals surface area contributed by atoms with Crippen molar-refractivity contribution in [3.8, 4) is 11.5 Å². The van der Waals surface area contributed by atoms with Crippen molar-refractivity contribution in [1.82, 2.24) is 15.5 Å². The molecule has 5 rings (SSSR count). The SMILES string of the molecule is O=C(NCC1(c2ccc3c(c2)OCO3)CCOCC1)c1n[nH]c2ccccc12. The van der Waals surface area contributed by atoms with Crippen LogP contribution in [0.5, 0.6) is 11.5 Å². The van der Waals surface area contributed by atoms with Crippen molar-refractivity contribution in [2.75, 3.05) is 26.6 Å². The third-order valence-corrected chi connectivity index (χ3v) is 5.71. The van der Waals surface area contributed by atoms with E-state index in [0.29, 0.717) is 25.5 Å². The highest BCUT2D eigenvalue weighted by atomic mass is 16.7. The van der Waals surface area contributed by atoms with Crippen LogP contribution in [-0.2, 0) is 10.2 Å². The lowest BCUT2D eigenvalue weighted by Gasteiger charge is -2.38. The Hall–Kier alpha value is -3.06. The number of fused-ring (bicyclic) bond motifs is 2. The number of para-hydroxylation sites is 1. The fourth-order valence-electron chi connectivity index (χ4n) is 4.03. The third-order valence-electron chi connectivity index (χ3n) is 5.71. The van der Waals surface area contributed by atoms with Gasteiger partial charge in [-0.1, -0.05) is 24.3 Å². The molecule has 3 aromatic rings. The van der Waals surface area contributed by atoms with Gasteiger partial charge in [0.2, 0.25) is 6.79 Å². The Morgan fingerprint density at radius 3 is 2.82 bits per heavy atom. The Labute approximate surface area is 162 Å². The number of hydrogen-bond acceptors (Lipinski definition) is 5. The van der Waals surface area contributed by atoms with Crippen LogP contribution in [0, 0.1) is 0 Å². The van der Waals surface area contributed by atoms with E-state index in [1.807, 2.05) is 36.4 Å². The number of carbonyl (C=O) groups is 1. The fourth-order valence-corrected chi connectivity index (χ4v) is 4.03. The number of nitrogens with one attached hydrogen (secondary N) is 2. The molecule has 144 valence electrons. The monoisotopic (exact) mass is 379 g/mol. The van der Waals surface area contributed by atoms with Crippen LogP contribution in [0.1, 0.15) is 28.9 Å². The summed E-state index contributed by atoms with van der Waals surface area (Å²) in [5.74, 6) is 1.34. The van der Waals surface area contributed by atoms with Crippen LogP contribution >= 0.6 is 0 Å². The van der Waals surface area contributed by atoms with Gasteiger partial charge in [0.25, 0.3) is 5.91 Å². The predicted molar refractivity (Wildman–Crippen MR) is 103 cm³/mol. The van der Waals surface area contributed by atoms with Gasteiger partial charge < -0.3 is 19.5 Å². The first kappa shape index (κ1) is 17.1. The molecule has 0 bridgehead atoms. The van der Waals surface area contributed by atoms with E-state index in [1.54, 1.807) is 0 Å². The Bertz CT molecular complexity index is 1020. The van der Waals surface area contributed by atoms with E-state index in [2.05, 4.69) is 21.6 Å². The number of ether oxygens (including phenoxy) is 3. The van der Waals surface area contributed by atoms with Crippen molar-refractivity contribution in [2.45, 2.75) is 18.3 Å². The number of aromatic amines is 1. The van der Waals surface area contributed by atoms with Crippen LogP contribution in [-0.4, -0.2) is 42.7 Å². The van der Waals surface area contributed by atoms with Crippen LogP contribution in [0.4, 0.5) is 0 Å². The van der Waals surface area contributed by atoms with E-state index < -0.39 is 0 Å². The summed E-state index contributed by atoms with van der Waals surface area (Å²) in [7, 11) is 0. The third kappa shape index (κ3) is 2.88. The van der Waals surface area contributed by atoms with E-state index in [4.69, 9.17) is 14.2 Å². The molecule has 0 atom stereocenters. The van der Waals surface area contributed by atoms with Crippen LogP contribution in [0.2, 0.25) is 0 Å². The Balaban J connectivity index is 1.41. The Kier molecular flexibility index (Phi) is 4.16. The molecule has 0 spiro atoms. The van der Waals surface area contributed by atoms with Gasteiger partial charge in [-0.3, -0.25) is 9.89 Å². The maximum absolute atomic E-state index is 12.9. The van der Waals surface area contributed by atoms with E-state index >= 15 is 0 Å². The molecule has 1 amide bonds. The molecule has 7 heteroatoms.